The summed E-state index contributed by atoms with van der Waals surface area (Å²) < 4.78 is 0. The first kappa shape index (κ1) is 19.7. The number of halogens is 1. The summed E-state index contributed by atoms with van der Waals surface area (Å²) in [5, 5.41) is 2.74. The van der Waals surface area contributed by atoms with Crippen molar-refractivity contribution in [2.24, 2.45) is 11.1 Å². The molecule has 0 aromatic heterocycles. The zero-order valence-corrected chi connectivity index (χ0v) is 14.9. The number of likely N-dealkylation sites (tertiary alicyclic amines) is 1. The lowest BCUT2D eigenvalue weighted by Gasteiger charge is -2.25. The van der Waals surface area contributed by atoms with Crippen LogP contribution in [0.15, 0.2) is 0 Å². The van der Waals surface area contributed by atoms with Crippen LogP contribution in [0.1, 0.15) is 40.0 Å². The Labute approximate surface area is 143 Å². The predicted octanol–water partition coefficient (Wildman–Crippen LogP) is 0.716. The Balaban J connectivity index is 0.00000264. The Kier molecular flexibility index (Phi) is 6.04. The number of amides is 4. The van der Waals surface area contributed by atoms with E-state index in [0.717, 1.165) is 11.3 Å². The molecule has 0 radical (unpaired) electrons. The van der Waals surface area contributed by atoms with E-state index in [1.165, 1.54) is 0 Å². The summed E-state index contributed by atoms with van der Waals surface area (Å²) >= 11 is 0. The first-order valence-corrected chi connectivity index (χ1v) is 7.93. The molecule has 8 heteroatoms. The molecule has 132 valence electrons. The van der Waals surface area contributed by atoms with Crippen molar-refractivity contribution >= 4 is 30.3 Å². The van der Waals surface area contributed by atoms with Crippen LogP contribution in [0.3, 0.4) is 0 Å². The van der Waals surface area contributed by atoms with Crippen molar-refractivity contribution in [2.45, 2.75) is 45.6 Å². The molecule has 0 saturated carbocycles. The molecule has 0 aromatic carbocycles. The fraction of sp³-hybridized carbons (Fsp3) is 0.800. The van der Waals surface area contributed by atoms with E-state index in [4.69, 9.17) is 5.73 Å². The molecule has 1 atom stereocenters. The minimum atomic E-state index is -0.853. The Morgan fingerprint density at radius 1 is 1.30 bits per heavy atom. The van der Waals surface area contributed by atoms with Gasteiger partial charge in [-0.3, -0.25) is 14.5 Å². The molecule has 2 heterocycles. The first-order valence-electron chi connectivity index (χ1n) is 7.93. The molecule has 2 fully saturated rings. The van der Waals surface area contributed by atoms with Crippen LogP contribution in [0.5, 0.6) is 0 Å². The second kappa shape index (κ2) is 7.05. The lowest BCUT2D eigenvalue weighted by molar-refractivity contribution is -0.138. The number of hydrogen-bond acceptors (Lipinski definition) is 4. The molecule has 0 aliphatic carbocycles. The highest BCUT2D eigenvalue weighted by atomic mass is 35.5. The molecule has 0 aromatic rings. The summed E-state index contributed by atoms with van der Waals surface area (Å²) in [4.78, 5) is 39.7. The largest absolute Gasteiger partial charge is 0.341 e. The monoisotopic (exact) mass is 346 g/mol. The number of carbonyl (C=O) groups excluding carboxylic acids is 3. The van der Waals surface area contributed by atoms with E-state index in [2.05, 4.69) is 5.32 Å². The van der Waals surface area contributed by atoms with E-state index in [-0.39, 0.29) is 36.2 Å². The third-order valence-corrected chi connectivity index (χ3v) is 5.15. The van der Waals surface area contributed by atoms with Crippen LogP contribution in [0.4, 0.5) is 4.79 Å². The fourth-order valence-corrected chi connectivity index (χ4v) is 3.19. The van der Waals surface area contributed by atoms with Crippen molar-refractivity contribution in [3.8, 4) is 0 Å². The van der Waals surface area contributed by atoms with Crippen molar-refractivity contribution in [3.05, 3.63) is 0 Å². The number of nitrogens with two attached hydrogens (primary N) is 1. The van der Waals surface area contributed by atoms with Crippen LogP contribution in [0.2, 0.25) is 0 Å². The van der Waals surface area contributed by atoms with Crippen molar-refractivity contribution in [1.82, 2.24) is 15.1 Å². The summed E-state index contributed by atoms with van der Waals surface area (Å²) in [7, 11) is 0. The second-order valence-corrected chi connectivity index (χ2v) is 6.69. The normalized spacial score (nSPS) is 26.3. The second-order valence-electron chi connectivity index (χ2n) is 6.69. The molecule has 4 amide bonds. The van der Waals surface area contributed by atoms with Gasteiger partial charge in [0.05, 0.1) is 0 Å². The van der Waals surface area contributed by atoms with Gasteiger partial charge in [-0.2, -0.15) is 0 Å². The Bertz CT molecular complexity index is 495. The Hall–Kier alpha value is -1.34. The molecular weight excluding hydrogens is 320 g/mol. The summed E-state index contributed by atoms with van der Waals surface area (Å²) in [5.41, 5.74) is 4.82. The fourth-order valence-electron chi connectivity index (χ4n) is 3.19. The van der Waals surface area contributed by atoms with Crippen molar-refractivity contribution < 1.29 is 14.4 Å². The molecule has 7 nitrogen and oxygen atoms in total. The lowest BCUT2D eigenvalue weighted by atomic mass is 9.90. The number of rotatable bonds is 5. The number of nitrogens with one attached hydrogen (secondary N) is 1. The van der Waals surface area contributed by atoms with E-state index in [0.29, 0.717) is 32.5 Å². The van der Waals surface area contributed by atoms with Gasteiger partial charge in [-0.15, -0.1) is 12.4 Å². The first-order chi connectivity index (χ1) is 10.3. The summed E-state index contributed by atoms with van der Waals surface area (Å²) in [6, 6.07) is -0.470. The quantitative estimate of drug-likeness (QED) is 0.717. The van der Waals surface area contributed by atoms with Gasteiger partial charge in [-0.25, -0.2) is 4.79 Å². The van der Waals surface area contributed by atoms with Gasteiger partial charge in [0, 0.05) is 13.1 Å². The number of urea groups is 1. The lowest BCUT2D eigenvalue weighted by Crippen LogP contribution is -2.47. The molecule has 0 bridgehead atoms. The number of nitrogens with zero attached hydrogens (tertiary/aromatic N) is 2. The van der Waals surface area contributed by atoms with Gasteiger partial charge < -0.3 is 16.0 Å². The van der Waals surface area contributed by atoms with Crippen molar-refractivity contribution in [2.75, 3.05) is 26.2 Å². The van der Waals surface area contributed by atoms with E-state index >= 15 is 0 Å². The van der Waals surface area contributed by atoms with Gasteiger partial charge in [0.25, 0.3) is 5.91 Å². The van der Waals surface area contributed by atoms with Crippen molar-refractivity contribution in [1.29, 1.82) is 0 Å². The summed E-state index contributed by atoms with van der Waals surface area (Å²) in [6.07, 6.45) is 1.89. The molecule has 2 aliphatic heterocycles. The van der Waals surface area contributed by atoms with E-state index < -0.39 is 11.6 Å². The molecule has 1 unspecified atom stereocenters. The summed E-state index contributed by atoms with van der Waals surface area (Å²) in [6.45, 7) is 7.32. The van der Waals surface area contributed by atoms with Gasteiger partial charge in [-0.05, 0) is 31.2 Å². The van der Waals surface area contributed by atoms with E-state index in [1.54, 1.807) is 4.90 Å². The van der Waals surface area contributed by atoms with E-state index in [1.807, 2.05) is 20.8 Å². The average molecular weight is 347 g/mol. The van der Waals surface area contributed by atoms with Gasteiger partial charge >= 0.3 is 6.03 Å². The van der Waals surface area contributed by atoms with Crippen LogP contribution in [-0.4, -0.2) is 59.4 Å². The standard InChI is InChI=1S/C15H26N4O3.ClH/c1-4-15(5-2)12(21)19(13(22)17-15)8-11(20)18-7-6-14(3,9-16)10-18;/h4-10,16H2,1-3H3,(H,17,22);1H. The van der Waals surface area contributed by atoms with Gasteiger partial charge in [0.15, 0.2) is 0 Å². The topological polar surface area (TPSA) is 95.7 Å². The maximum atomic E-state index is 12.5. The van der Waals surface area contributed by atoms with E-state index in [9.17, 15) is 14.4 Å². The van der Waals surface area contributed by atoms with Gasteiger partial charge in [0.1, 0.15) is 12.1 Å². The molecule has 0 spiro atoms. The molecule has 3 N–H and O–H groups in total. The molecule has 2 saturated heterocycles. The van der Waals surface area contributed by atoms with Crippen LogP contribution in [0.25, 0.3) is 0 Å². The van der Waals surface area contributed by atoms with Crippen molar-refractivity contribution in [3.63, 3.8) is 0 Å². The number of carbonyl (C=O) groups is 3. The SMILES string of the molecule is CCC1(CC)NC(=O)N(CC(=O)N2CCC(C)(CN)C2)C1=O.Cl. The zero-order valence-electron chi connectivity index (χ0n) is 14.1. The zero-order chi connectivity index (χ0) is 16.5. The highest BCUT2D eigenvalue weighted by Crippen LogP contribution is 2.29. The van der Waals surface area contributed by atoms with Crippen LogP contribution in [0, 0.1) is 5.41 Å². The maximum absolute atomic E-state index is 12.5. The third-order valence-electron chi connectivity index (χ3n) is 5.15. The maximum Gasteiger partial charge on any atom is 0.325 e. The minimum Gasteiger partial charge on any atom is -0.341 e. The minimum absolute atomic E-state index is 0. The molecule has 2 rings (SSSR count). The Morgan fingerprint density at radius 2 is 1.91 bits per heavy atom. The highest BCUT2D eigenvalue weighted by molar-refractivity contribution is 6.09. The average Bonchev–Trinajstić information content (AvgIpc) is 3.02. The van der Waals surface area contributed by atoms with Crippen LogP contribution >= 0.6 is 12.4 Å². The smallest absolute Gasteiger partial charge is 0.325 e. The summed E-state index contributed by atoms with van der Waals surface area (Å²) in [5.74, 6) is -0.486. The number of hydrogen-bond donors (Lipinski definition) is 2. The third kappa shape index (κ3) is 3.45. The molecular formula is C15H27ClN4O3. The van der Waals surface area contributed by atoms with Crippen LogP contribution in [-0.2, 0) is 9.59 Å². The number of imide groups is 1. The van der Waals surface area contributed by atoms with Gasteiger partial charge in [0.2, 0.25) is 5.91 Å². The molecule has 23 heavy (non-hydrogen) atoms. The highest BCUT2D eigenvalue weighted by Gasteiger charge is 2.49. The Morgan fingerprint density at radius 3 is 2.35 bits per heavy atom. The molecule has 2 aliphatic rings. The van der Waals surface area contributed by atoms with Gasteiger partial charge in [-0.1, -0.05) is 20.8 Å². The predicted molar refractivity (Wildman–Crippen MR) is 89.2 cm³/mol. The van der Waals surface area contributed by atoms with Crippen LogP contribution < -0.4 is 11.1 Å².